The zero-order valence-corrected chi connectivity index (χ0v) is 11.8. The second-order valence-electron chi connectivity index (χ2n) is 3.39. The van der Waals surface area contributed by atoms with Crippen LogP contribution in [0.1, 0.15) is 5.56 Å². The summed E-state index contributed by atoms with van der Waals surface area (Å²) in [5, 5.41) is 10.6. The number of thioether (sulfide) groups is 1. The minimum absolute atomic E-state index is 0.0188. The van der Waals surface area contributed by atoms with Gasteiger partial charge in [0.1, 0.15) is 0 Å². The van der Waals surface area contributed by atoms with Crippen molar-refractivity contribution < 1.29 is 18.0 Å². The highest BCUT2D eigenvalue weighted by Crippen LogP contribution is 2.36. The highest BCUT2D eigenvalue weighted by molar-refractivity contribution is 9.10. The number of benzene rings is 1. The van der Waals surface area contributed by atoms with E-state index in [1.165, 1.54) is 12.1 Å². The first-order valence-corrected chi connectivity index (χ1v) is 6.90. The second-order valence-corrected chi connectivity index (χ2v) is 5.23. The van der Waals surface area contributed by atoms with Crippen LogP contribution >= 0.6 is 27.7 Å². The number of nitrogens with one attached hydrogen (secondary N) is 1. The number of nitrogens with zero attached hydrogens (tertiary/aromatic N) is 1. The molecule has 19 heavy (non-hydrogen) atoms. The normalized spacial score (nSPS) is 10.9. The summed E-state index contributed by atoms with van der Waals surface area (Å²) in [6.45, 7) is 0. The number of carbonyl (C=O) groups is 1. The van der Waals surface area contributed by atoms with E-state index in [1.807, 2.05) is 6.07 Å². The van der Waals surface area contributed by atoms with Gasteiger partial charge in [0.2, 0.25) is 5.91 Å². The summed E-state index contributed by atoms with van der Waals surface area (Å²) in [5.74, 6) is -0.275. The molecule has 0 saturated heterocycles. The summed E-state index contributed by atoms with van der Waals surface area (Å²) in [7, 11) is 0. The third-order valence-corrected chi connectivity index (χ3v) is 3.45. The van der Waals surface area contributed by atoms with Crippen LogP contribution in [-0.4, -0.2) is 17.4 Å². The second kappa shape index (κ2) is 6.82. The quantitative estimate of drug-likeness (QED) is 0.841. The van der Waals surface area contributed by atoms with Crippen molar-refractivity contribution in [3.63, 3.8) is 0 Å². The number of carbonyl (C=O) groups excluding carboxylic acids is 1. The molecule has 8 heteroatoms. The predicted octanol–water partition coefficient (Wildman–Crippen LogP) is 3.66. The van der Waals surface area contributed by atoms with Gasteiger partial charge in [-0.2, -0.15) is 18.4 Å². The largest absolute Gasteiger partial charge is 0.417 e. The van der Waals surface area contributed by atoms with Crippen molar-refractivity contribution in [2.45, 2.75) is 6.18 Å². The van der Waals surface area contributed by atoms with Crippen LogP contribution in [0.2, 0.25) is 0 Å². The molecule has 0 aliphatic carbocycles. The Morgan fingerprint density at radius 1 is 1.47 bits per heavy atom. The van der Waals surface area contributed by atoms with Gasteiger partial charge in [-0.25, -0.2) is 0 Å². The molecule has 0 aliphatic heterocycles. The van der Waals surface area contributed by atoms with Gasteiger partial charge in [0.05, 0.1) is 23.1 Å². The van der Waals surface area contributed by atoms with Gasteiger partial charge in [-0.1, -0.05) is 15.9 Å². The van der Waals surface area contributed by atoms with E-state index in [4.69, 9.17) is 5.26 Å². The first-order chi connectivity index (χ1) is 8.84. The summed E-state index contributed by atoms with van der Waals surface area (Å²) < 4.78 is 37.8. The highest BCUT2D eigenvalue weighted by atomic mass is 79.9. The summed E-state index contributed by atoms with van der Waals surface area (Å²) in [6, 6.07) is 5.30. The van der Waals surface area contributed by atoms with Crippen molar-refractivity contribution in [1.82, 2.24) is 0 Å². The van der Waals surface area contributed by atoms with Gasteiger partial charge in [0.25, 0.3) is 0 Å². The summed E-state index contributed by atoms with van der Waals surface area (Å²) in [5.41, 5.74) is -0.784. The van der Waals surface area contributed by atoms with Crippen LogP contribution in [-0.2, 0) is 11.0 Å². The SMILES string of the molecule is N#CCSCC(=O)Nc1ccc(Br)c(C(F)(F)F)c1. The van der Waals surface area contributed by atoms with Crippen molar-refractivity contribution in [3.8, 4) is 6.07 Å². The molecule has 0 atom stereocenters. The molecule has 0 aliphatic rings. The molecule has 0 spiro atoms. The molecule has 1 amide bonds. The van der Waals surface area contributed by atoms with Crippen LogP contribution in [0.5, 0.6) is 0 Å². The Kier molecular flexibility index (Phi) is 5.69. The molecule has 0 heterocycles. The van der Waals surface area contributed by atoms with Crippen molar-refractivity contribution >= 4 is 39.3 Å². The Labute approximate surface area is 120 Å². The number of alkyl halides is 3. The molecular formula is C11H8BrF3N2OS. The first kappa shape index (κ1) is 15.9. The van der Waals surface area contributed by atoms with E-state index in [1.54, 1.807) is 0 Å². The van der Waals surface area contributed by atoms with Crippen LogP contribution in [0, 0.1) is 11.3 Å². The molecule has 0 aromatic heterocycles. The van der Waals surface area contributed by atoms with E-state index in [9.17, 15) is 18.0 Å². The molecular weight excluding hydrogens is 345 g/mol. The van der Waals surface area contributed by atoms with Crippen LogP contribution < -0.4 is 5.32 Å². The van der Waals surface area contributed by atoms with Crippen molar-refractivity contribution in [3.05, 3.63) is 28.2 Å². The average molecular weight is 353 g/mol. The van der Waals surface area contributed by atoms with Gasteiger partial charge in [-0.3, -0.25) is 4.79 Å². The van der Waals surface area contributed by atoms with Gasteiger partial charge >= 0.3 is 6.18 Å². The van der Waals surface area contributed by atoms with E-state index in [-0.39, 0.29) is 21.7 Å². The molecule has 0 fully saturated rings. The molecule has 1 N–H and O–H groups in total. The number of hydrogen-bond donors (Lipinski definition) is 1. The van der Waals surface area contributed by atoms with Gasteiger partial charge in [-0.05, 0) is 18.2 Å². The lowest BCUT2D eigenvalue weighted by molar-refractivity contribution is -0.138. The lowest BCUT2D eigenvalue weighted by Crippen LogP contribution is -2.15. The molecule has 1 rings (SSSR count). The predicted molar refractivity (Wildman–Crippen MR) is 70.7 cm³/mol. The zero-order chi connectivity index (χ0) is 14.5. The fraction of sp³-hybridized carbons (Fsp3) is 0.273. The van der Waals surface area contributed by atoms with E-state index < -0.39 is 17.6 Å². The van der Waals surface area contributed by atoms with Crippen LogP contribution in [0.25, 0.3) is 0 Å². The Morgan fingerprint density at radius 2 is 2.16 bits per heavy atom. The molecule has 0 bridgehead atoms. The molecule has 1 aromatic carbocycles. The van der Waals surface area contributed by atoms with Gasteiger partial charge in [-0.15, -0.1) is 11.8 Å². The summed E-state index contributed by atoms with van der Waals surface area (Å²) >= 11 is 3.90. The fourth-order valence-corrected chi connectivity index (χ4v) is 2.13. The Morgan fingerprint density at radius 3 is 2.74 bits per heavy atom. The average Bonchev–Trinajstić information content (AvgIpc) is 2.30. The number of amides is 1. The lowest BCUT2D eigenvalue weighted by Gasteiger charge is -2.11. The maximum atomic E-state index is 12.6. The fourth-order valence-electron chi connectivity index (χ4n) is 1.21. The molecule has 0 unspecified atom stereocenters. The third kappa shape index (κ3) is 5.12. The molecule has 1 aromatic rings. The Hall–Kier alpha value is -1.20. The van der Waals surface area contributed by atoms with Crippen molar-refractivity contribution in [2.24, 2.45) is 0 Å². The number of anilines is 1. The van der Waals surface area contributed by atoms with Crippen LogP contribution in [0.3, 0.4) is 0 Å². The van der Waals surface area contributed by atoms with Crippen LogP contribution in [0.15, 0.2) is 22.7 Å². The Balaban J connectivity index is 2.75. The minimum Gasteiger partial charge on any atom is -0.325 e. The number of rotatable bonds is 4. The molecule has 102 valence electrons. The van der Waals surface area contributed by atoms with E-state index in [0.29, 0.717) is 0 Å². The number of nitriles is 1. The van der Waals surface area contributed by atoms with E-state index in [0.717, 1.165) is 17.8 Å². The van der Waals surface area contributed by atoms with Crippen molar-refractivity contribution in [1.29, 1.82) is 5.26 Å². The Bertz CT molecular complexity index is 514. The van der Waals surface area contributed by atoms with Gasteiger partial charge in [0.15, 0.2) is 0 Å². The topological polar surface area (TPSA) is 52.9 Å². The lowest BCUT2D eigenvalue weighted by atomic mass is 10.2. The molecule has 0 saturated carbocycles. The monoisotopic (exact) mass is 352 g/mol. The molecule has 3 nitrogen and oxygen atoms in total. The third-order valence-electron chi connectivity index (χ3n) is 1.96. The van der Waals surface area contributed by atoms with Gasteiger partial charge < -0.3 is 5.32 Å². The smallest absolute Gasteiger partial charge is 0.325 e. The first-order valence-electron chi connectivity index (χ1n) is 4.96. The summed E-state index contributed by atoms with van der Waals surface area (Å²) in [6.07, 6.45) is -4.49. The standard InChI is InChI=1S/C11H8BrF3N2OS/c12-9-2-1-7(5-8(9)11(13,14)15)17-10(18)6-19-4-3-16/h1-2,5H,4,6H2,(H,17,18). The minimum atomic E-state index is -4.49. The van der Waals surface area contributed by atoms with E-state index >= 15 is 0 Å². The zero-order valence-electron chi connectivity index (χ0n) is 9.42. The maximum absolute atomic E-state index is 12.6. The van der Waals surface area contributed by atoms with Crippen molar-refractivity contribution in [2.75, 3.05) is 16.8 Å². The highest BCUT2D eigenvalue weighted by Gasteiger charge is 2.33. The van der Waals surface area contributed by atoms with Crippen LogP contribution in [0.4, 0.5) is 18.9 Å². The number of halogens is 4. The maximum Gasteiger partial charge on any atom is 0.417 e. The van der Waals surface area contributed by atoms with Gasteiger partial charge in [0, 0.05) is 10.2 Å². The summed E-state index contributed by atoms with van der Waals surface area (Å²) in [4.78, 5) is 11.4. The molecule has 0 radical (unpaired) electrons. The number of hydrogen-bond acceptors (Lipinski definition) is 3. The van der Waals surface area contributed by atoms with E-state index in [2.05, 4.69) is 21.2 Å².